The summed E-state index contributed by atoms with van der Waals surface area (Å²) in [5.41, 5.74) is 6.14. The number of hydrogen-bond acceptors (Lipinski definition) is 10. The van der Waals surface area contributed by atoms with Crippen molar-refractivity contribution in [3.63, 3.8) is 0 Å². The fourth-order valence-electron chi connectivity index (χ4n) is 7.20. The van der Waals surface area contributed by atoms with Crippen molar-refractivity contribution < 1.29 is 19.1 Å². The van der Waals surface area contributed by atoms with Crippen molar-refractivity contribution in [2.24, 2.45) is 9.98 Å². The van der Waals surface area contributed by atoms with Crippen LogP contribution in [0.1, 0.15) is 70.5 Å². The molecule has 58 heavy (non-hydrogen) atoms. The van der Waals surface area contributed by atoms with E-state index in [0.29, 0.717) is 56.3 Å². The van der Waals surface area contributed by atoms with E-state index in [4.69, 9.17) is 42.7 Å². The summed E-state index contributed by atoms with van der Waals surface area (Å²) in [5, 5.41) is 24.5. The third-order valence-electron chi connectivity index (χ3n) is 9.99. The SMILES string of the molecule is CNC(=O)CC1N=C(c2ccc(Cl)cc2)c2cc(OCCNC(=O)CC3N=C(c4ccc(Cl)cc4)c4cc(OC)ccc4-n4c(C)nnc43)ccc2-n2c(C)nnc21. The maximum atomic E-state index is 13.6. The van der Waals surface area contributed by atoms with E-state index in [9.17, 15) is 9.59 Å². The number of fused-ring (bicyclic) bond motifs is 6. The molecule has 14 nitrogen and oxygen atoms in total. The molecule has 0 aliphatic carbocycles. The third-order valence-corrected chi connectivity index (χ3v) is 10.5. The first-order valence-electron chi connectivity index (χ1n) is 18.6. The zero-order valence-corrected chi connectivity index (χ0v) is 33.5. The van der Waals surface area contributed by atoms with Gasteiger partial charge >= 0.3 is 0 Å². The molecule has 2 N–H and O–H groups in total. The highest BCUT2D eigenvalue weighted by atomic mass is 35.5. The summed E-state index contributed by atoms with van der Waals surface area (Å²) >= 11 is 12.5. The van der Waals surface area contributed by atoms with Crippen molar-refractivity contribution in [3.05, 3.63) is 141 Å². The number of ether oxygens (including phenoxy) is 2. The average molecular weight is 818 g/mol. The van der Waals surface area contributed by atoms with Gasteiger partial charge in [0.05, 0.1) is 49.3 Å². The summed E-state index contributed by atoms with van der Waals surface area (Å²) < 4.78 is 15.7. The Morgan fingerprint density at radius 1 is 0.672 bits per heavy atom. The molecule has 2 amide bonds. The van der Waals surface area contributed by atoms with Crippen LogP contribution in [0.4, 0.5) is 0 Å². The highest BCUT2D eigenvalue weighted by Gasteiger charge is 2.32. The second kappa shape index (κ2) is 16.2. The van der Waals surface area contributed by atoms with Crippen LogP contribution in [-0.4, -0.2) is 80.1 Å². The Morgan fingerprint density at radius 2 is 1.16 bits per heavy atom. The van der Waals surface area contributed by atoms with E-state index in [1.165, 1.54) is 0 Å². The minimum absolute atomic E-state index is 0.0119. The molecule has 2 atom stereocenters. The van der Waals surface area contributed by atoms with Crippen LogP contribution >= 0.6 is 23.2 Å². The standard InChI is InChI=1S/C42H38Cl2N10O4/c1-23-50-52-42-34(48-39(25-5-9-27(43)10-6-25)31-19-29(57-4)13-15-35(31)53(23)42)22-38(56)46-17-18-58-30-14-16-36-32(20-30)40(26-7-11-28(44)12-8-26)47-33(21-37(55)45-3)41-51-49-24(2)54(36)41/h5-16,19-20,33-34H,17-18,21-22H2,1-4H3,(H,45,55)(H,46,56). The Bertz CT molecular complexity index is 2600. The maximum absolute atomic E-state index is 13.6. The Morgan fingerprint density at radius 3 is 1.66 bits per heavy atom. The molecular weight excluding hydrogens is 779 g/mol. The fraction of sp³-hybridized carbons (Fsp3) is 0.238. The molecular formula is C42H38Cl2N10O4. The highest BCUT2D eigenvalue weighted by molar-refractivity contribution is 6.31. The molecule has 8 rings (SSSR count). The first-order chi connectivity index (χ1) is 28.1. The van der Waals surface area contributed by atoms with E-state index in [0.717, 1.165) is 33.6 Å². The number of amides is 2. The predicted molar refractivity (Wildman–Crippen MR) is 220 cm³/mol. The number of rotatable bonds is 11. The molecule has 0 radical (unpaired) electrons. The van der Waals surface area contributed by atoms with Gasteiger partial charge in [0.2, 0.25) is 11.8 Å². The highest BCUT2D eigenvalue weighted by Crippen LogP contribution is 2.36. The van der Waals surface area contributed by atoms with E-state index in [1.807, 2.05) is 95.8 Å². The summed E-state index contributed by atoms with van der Waals surface area (Å²) in [7, 11) is 3.21. The van der Waals surface area contributed by atoms with Crippen LogP contribution in [0, 0.1) is 13.8 Å². The molecule has 0 saturated carbocycles. The summed E-state index contributed by atoms with van der Waals surface area (Å²) in [6, 6.07) is 25.0. The van der Waals surface area contributed by atoms with Crippen molar-refractivity contribution in [1.29, 1.82) is 0 Å². The summed E-state index contributed by atoms with van der Waals surface area (Å²) in [6.45, 7) is 4.13. The first-order valence-corrected chi connectivity index (χ1v) is 19.3. The predicted octanol–water partition coefficient (Wildman–Crippen LogP) is 6.29. The number of hydrogen-bond donors (Lipinski definition) is 2. The molecule has 0 bridgehead atoms. The molecule has 2 aromatic heterocycles. The molecule has 0 fully saturated rings. The number of nitrogens with zero attached hydrogens (tertiary/aromatic N) is 8. The van der Waals surface area contributed by atoms with E-state index >= 15 is 0 Å². The van der Waals surface area contributed by atoms with Gasteiger partial charge < -0.3 is 20.1 Å². The van der Waals surface area contributed by atoms with E-state index in [1.54, 1.807) is 26.3 Å². The van der Waals surface area contributed by atoms with Gasteiger partial charge in [-0.25, -0.2) is 0 Å². The van der Waals surface area contributed by atoms with E-state index in [-0.39, 0.29) is 37.8 Å². The molecule has 0 saturated heterocycles. The number of aromatic nitrogens is 6. The van der Waals surface area contributed by atoms with Gasteiger partial charge in [0.25, 0.3) is 0 Å². The molecule has 6 aromatic rings. The zero-order valence-electron chi connectivity index (χ0n) is 32.0. The lowest BCUT2D eigenvalue weighted by atomic mass is 10.00. The van der Waals surface area contributed by atoms with Crippen LogP contribution < -0.4 is 20.1 Å². The second-order valence-electron chi connectivity index (χ2n) is 13.7. The number of carbonyl (C=O) groups excluding carboxylic acids is 2. The fourth-order valence-corrected chi connectivity index (χ4v) is 7.45. The number of methoxy groups -OCH3 is 1. The molecule has 2 unspecified atom stereocenters. The molecule has 16 heteroatoms. The summed E-state index contributed by atoms with van der Waals surface area (Å²) in [6.07, 6.45) is 0.0923. The van der Waals surface area contributed by atoms with Crippen molar-refractivity contribution in [2.75, 3.05) is 27.3 Å². The molecule has 4 aromatic carbocycles. The van der Waals surface area contributed by atoms with Crippen LogP contribution in [0.3, 0.4) is 0 Å². The molecule has 4 heterocycles. The Kier molecular flexibility index (Phi) is 10.8. The zero-order chi connectivity index (χ0) is 40.5. The lowest BCUT2D eigenvalue weighted by Crippen LogP contribution is -2.29. The topological polar surface area (TPSA) is 163 Å². The number of nitrogens with one attached hydrogen (secondary N) is 2. The average Bonchev–Trinajstić information content (AvgIpc) is 3.73. The van der Waals surface area contributed by atoms with Crippen molar-refractivity contribution in [3.8, 4) is 22.9 Å². The molecule has 2 aliphatic rings. The van der Waals surface area contributed by atoms with E-state index < -0.39 is 12.1 Å². The van der Waals surface area contributed by atoms with Gasteiger partial charge in [0, 0.05) is 39.3 Å². The summed E-state index contributed by atoms with van der Waals surface area (Å²) in [4.78, 5) is 36.5. The van der Waals surface area contributed by atoms with E-state index in [2.05, 4.69) is 31.0 Å². The van der Waals surface area contributed by atoms with Gasteiger partial charge in [-0.3, -0.25) is 28.7 Å². The number of aryl methyl sites for hydroxylation is 2. The normalized spacial score (nSPS) is 15.3. The monoisotopic (exact) mass is 816 g/mol. The van der Waals surface area contributed by atoms with Crippen LogP contribution in [0.15, 0.2) is 94.9 Å². The minimum Gasteiger partial charge on any atom is -0.497 e. The van der Waals surface area contributed by atoms with Crippen LogP contribution in [-0.2, 0) is 9.59 Å². The van der Waals surface area contributed by atoms with Crippen molar-refractivity contribution in [1.82, 2.24) is 40.2 Å². The van der Waals surface area contributed by atoms with Crippen molar-refractivity contribution in [2.45, 2.75) is 38.8 Å². The minimum atomic E-state index is -0.653. The first kappa shape index (κ1) is 38.5. The summed E-state index contributed by atoms with van der Waals surface area (Å²) in [5.74, 6) is 3.22. The second-order valence-corrected chi connectivity index (χ2v) is 14.6. The lowest BCUT2D eigenvalue weighted by Gasteiger charge is -2.15. The Balaban J connectivity index is 1.03. The number of aliphatic imine (C=N–C) groups is 2. The lowest BCUT2D eigenvalue weighted by molar-refractivity contribution is -0.122. The van der Waals surface area contributed by atoms with Gasteiger partial charge in [-0.2, -0.15) is 0 Å². The Hall–Kier alpha value is -6.38. The number of halogens is 2. The van der Waals surface area contributed by atoms with Crippen LogP contribution in [0.5, 0.6) is 11.5 Å². The molecule has 0 spiro atoms. The van der Waals surface area contributed by atoms with Gasteiger partial charge in [-0.05, 0) is 74.5 Å². The number of carbonyl (C=O) groups is 2. The number of benzene rings is 4. The van der Waals surface area contributed by atoms with Gasteiger partial charge in [-0.1, -0.05) is 47.5 Å². The van der Waals surface area contributed by atoms with Gasteiger partial charge in [-0.15, -0.1) is 20.4 Å². The largest absolute Gasteiger partial charge is 0.497 e. The van der Waals surface area contributed by atoms with Crippen LogP contribution in [0.2, 0.25) is 10.0 Å². The molecule has 2 aliphatic heterocycles. The van der Waals surface area contributed by atoms with Gasteiger partial charge in [0.1, 0.15) is 41.8 Å². The Labute approximate surface area is 344 Å². The van der Waals surface area contributed by atoms with Crippen LogP contribution in [0.25, 0.3) is 11.4 Å². The smallest absolute Gasteiger partial charge is 0.222 e. The van der Waals surface area contributed by atoms with Crippen molar-refractivity contribution >= 4 is 46.4 Å². The maximum Gasteiger partial charge on any atom is 0.222 e. The van der Waals surface area contributed by atoms with Gasteiger partial charge in [0.15, 0.2) is 11.6 Å². The quantitative estimate of drug-likeness (QED) is 0.144. The third kappa shape index (κ3) is 7.55. The molecule has 294 valence electrons.